The molecule has 0 aliphatic rings. The first-order valence-corrected chi connectivity index (χ1v) is 16.5. The van der Waals surface area contributed by atoms with Crippen LogP contribution < -0.4 is 9.47 Å². The zero-order valence-corrected chi connectivity index (χ0v) is 31.7. The number of nitrogens with zero attached hydrogens (tertiary/aromatic N) is 1. The van der Waals surface area contributed by atoms with Crippen molar-refractivity contribution in [3.05, 3.63) is 149 Å². The molecule has 1 heterocycles. The number of rotatable bonds is 7. The SMILES string of the molecule is CC(C)(C)c1cc(-c2cc(-c3[c-]cc(Br)cc3)nc(-c3[c-]c(Oc4[c-]cccc4)cc(Oc4ccccc4)c3)c2)cc(C(C)(C)C)c1.[Au+3]. The van der Waals surface area contributed by atoms with E-state index in [0.717, 1.165) is 43.9 Å². The summed E-state index contributed by atoms with van der Waals surface area (Å²) in [5, 5.41) is 0. The maximum Gasteiger partial charge on any atom is 3.00 e. The molecule has 0 spiro atoms. The first-order valence-electron chi connectivity index (χ1n) is 15.7. The number of pyridine rings is 1. The first-order chi connectivity index (χ1) is 22.4. The summed E-state index contributed by atoms with van der Waals surface area (Å²) in [5.74, 6) is 2.43. The molecule has 0 unspecified atom stereocenters. The molecule has 0 aliphatic carbocycles. The summed E-state index contributed by atoms with van der Waals surface area (Å²) in [5.41, 5.74) is 7.91. The smallest absolute Gasteiger partial charge is 0.503 e. The van der Waals surface area contributed by atoms with Gasteiger partial charge < -0.3 is 14.5 Å². The van der Waals surface area contributed by atoms with Gasteiger partial charge in [0.1, 0.15) is 5.75 Å². The van der Waals surface area contributed by atoms with Gasteiger partial charge >= 0.3 is 22.4 Å². The zero-order valence-electron chi connectivity index (χ0n) is 27.9. The van der Waals surface area contributed by atoms with Crippen LogP contribution in [0.3, 0.4) is 0 Å². The Morgan fingerprint density at radius 2 is 1.23 bits per heavy atom. The maximum absolute atomic E-state index is 6.32. The molecule has 6 aromatic rings. The van der Waals surface area contributed by atoms with Crippen molar-refractivity contribution < 1.29 is 31.9 Å². The Hall–Kier alpha value is -3.93. The van der Waals surface area contributed by atoms with Gasteiger partial charge in [0.2, 0.25) is 0 Å². The molecule has 0 fully saturated rings. The molecule has 0 saturated heterocycles. The minimum absolute atomic E-state index is 0. The Kier molecular flexibility index (Phi) is 10.8. The number of hydrogen-bond donors (Lipinski definition) is 0. The van der Waals surface area contributed by atoms with E-state index in [1.807, 2.05) is 84.9 Å². The van der Waals surface area contributed by atoms with E-state index in [2.05, 4.69) is 106 Å². The Labute approximate surface area is 309 Å². The molecule has 0 bridgehead atoms. The van der Waals surface area contributed by atoms with E-state index in [-0.39, 0.29) is 33.2 Å². The van der Waals surface area contributed by atoms with Crippen LogP contribution in [0.25, 0.3) is 33.6 Å². The van der Waals surface area contributed by atoms with Crippen LogP contribution in [-0.4, -0.2) is 4.98 Å². The molecule has 3 nitrogen and oxygen atoms in total. The molecule has 244 valence electrons. The molecule has 5 heteroatoms. The summed E-state index contributed by atoms with van der Waals surface area (Å²) in [6.07, 6.45) is 0. The molecule has 0 aliphatic heterocycles. The standard InChI is InChI=1S/C43H37BrNO2.Au/c1-42(2,3)33-21-30(22-34(27-33)43(4,5)6)31-25-40(29-17-19-35(44)20-18-29)45-41(26-31)32-23-38(46-36-13-9-7-10-14-36)28-39(24-32)47-37-15-11-8-12-16-37;/h7-15,17,19-23,25-28H,1-6H3;/q-3;+3. The molecule has 0 saturated carbocycles. The van der Waals surface area contributed by atoms with Crippen molar-refractivity contribution >= 4 is 15.9 Å². The van der Waals surface area contributed by atoms with Crippen LogP contribution in [-0.2, 0) is 33.2 Å². The Morgan fingerprint density at radius 3 is 1.83 bits per heavy atom. The van der Waals surface area contributed by atoms with E-state index >= 15 is 0 Å². The van der Waals surface area contributed by atoms with Crippen molar-refractivity contribution in [3.8, 4) is 56.6 Å². The van der Waals surface area contributed by atoms with Crippen LogP contribution in [0, 0.1) is 18.2 Å². The molecule has 0 N–H and O–H groups in total. The topological polar surface area (TPSA) is 31.4 Å². The second-order valence-corrected chi connectivity index (χ2v) is 14.6. The molecule has 0 amide bonds. The van der Waals surface area contributed by atoms with Gasteiger partial charge in [-0.15, -0.1) is 69.5 Å². The number of para-hydroxylation sites is 2. The van der Waals surface area contributed by atoms with Gasteiger partial charge in [-0.05, 0) is 56.6 Å². The first kappa shape index (κ1) is 35.4. The molecule has 48 heavy (non-hydrogen) atoms. The van der Waals surface area contributed by atoms with Crippen molar-refractivity contribution in [2.45, 2.75) is 52.4 Å². The number of aromatic nitrogens is 1. The van der Waals surface area contributed by atoms with Crippen molar-refractivity contribution in [1.29, 1.82) is 0 Å². The number of benzene rings is 5. The number of hydrogen-bond acceptors (Lipinski definition) is 3. The van der Waals surface area contributed by atoms with Gasteiger partial charge in [-0.3, -0.25) is 0 Å². The average Bonchev–Trinajstić information content (AvgIpc) is 3.05. The fourth-order valence-electron chi connectivity index (χ4n) is 5.15. The van der Waals surface area contributed by atoms with Crippen molar-refractivity contribution in [2.24, 2.45) is 0 Å². The van der Waals surface area contributed by atoms with Crippen LogP contribution in [0.2, 0.25) is 0 Å². The number of ether oxygens (including phenoxy) is 2. The molecular weight excluding hydrogens is 839 g/mol. The summed E-state index contributed by atoms with van der Waals surface area (Å²) < 4.78 is 13.5. The summed E-state index contributed by atoms with van der Waals surface area (Å²) in [6, 6.07) is 48.3. The second kappa shape index (κ2) is 14.7. The predicted molar refractivity (Wildman–Crippen MR) is 195 cm³/mol. The quantitative estimate of drug-likeness (QED) is 0.118. The van der Waals surface area contributed by atoms with Gasteiger partial charge in [0.25, 0.3) is 0 Å². The van der Waals surface area contributed by atoms with Crippen LogP contribution in [0.1, 0.15) is 52.7 Å². The fourth-order valence-corrected chi connectivity index (χ4v) is 5.40. The van der Waals surface area contributed by atoms with Gasteiger partial charge in [0.15, 0.2) is 0 Å². The normalized spacial score (nSPS) is 11.5. The molecule has 5 aromatic carbocycles. The van der Waals surface area contributed by atoms with Crippen LogP contribution in [0.5, 0.6) is 23.0 Å². The molecule has 0 atom stereocenters. The van der Waals surface area contributed by atoms with E-state index in [0.29, 0.717) is 17.2 Å². The van der Waals surface area contributed by atoms with E-state index in [4.69, 9.17) is 14.5 Å². The monoisotopic (exact) mass is 875 g/mol. The molecule has 6 rings (SSSR count). The van der Waals surface area contributed by atoms with Gasteiger partial charge in [-0.1, -0.05) is 107 Å². The van der Waals surface area contributed by atoms with Gasteiger partial charge in [0.05, 0.1) is 5.75 Å². The van der Waals surface area contributed by atoms with E-state index in [1.165, 1.54) is 11.1 Å². The number of halogens is 1. The van der Waals surface area contributed by atoms with Gasteiger partial charge in [-0.2, -0.15) is 18.2 Å². The summed E-state index contributed by atoms with van der Waals surface area (Å²) in [6.45, 7) is 13.6. The summed E-state index contributed by atoms with van der Waals surface area (Å²) in [7, 11) is 0. The third-order valence-corrected chi connectivity index (χ3v) is 8.34. The minimum atomic E-state index is -0.0221. The summed E-state index contributed by atoms with van der Waals surface area (Å²) >= 11 is 3.56. The van der Waals surface area contributed by atoms with Crippen LogP contribution >= 0.6 is 15.9 Å². The third kappa shape index (κ3) is 8.75. The van der Waals surface area contributed by atoms with E-state index in [1.54, 1.807) is 0 Å². The average molecular weight is 877 g/mol. The Bertz CT molecular complexity index is 1900. The Morgan fingerprint density at radius 1 is 0.583 bits per heavy atom. The molecule has 0 radical (unpaired) electrons. The molecule has 1 aromatic heterocycles. The van der Waals surface area contributed by atoms with E-state index in [9.17, 15) is 0 Å². The Balaban J connectivity index is 0.00000451. The van der Waals surface area contributed by atoms with Crippen molar-refractivity contribution in [1.82, 2.24) is 4.98 Å². The van der Waals surface area contributed by atoms with Crippen molar-refractivity contribution in [3.63, 3.8) is 0 Å². The van der Waals surface area contributed by atoms with Crippen LogP contribution in [0.4, 0.5) is 0 Å². The third-order valence-electron chi connectivity index (χ3n) is 7.85. The largest absolute Gasteiger partial charge is 3.00 e. The molecular formula is C43H37AuBrNO2. The predicted octanol–water partition coefficient (Wildman–Crippen LogP) is 12.4. The van der Waals surface area contributed by atoms with Gasteiger partial charge in [-0.25, -0.2) is 0 Å². The summed E-state index contributed by atoms with van der Waals surface area (Å²) in [4.78, 5) is 5.17. The van der Waals surface area contributed by atoms with Crippen molar-refractivity contribution in [2.75, 3.05) is 0 Å². The maximum atomic E-state index is 6.32. The zero-order chi connectivity index (χ0) is 33.2. The minimum Gasteiger partial charge on any atom is -0.503 e. The van der Waals surface area contributed by atoms with Crippen LogP contribution in [0.15, 0.2) is 120 Å². The second-order valence-electron chi connectivity index (χ2n) is 13.7. The fraction of sp³-hybridized carbons (Fsp3) is 0.186. The van der Waals surface area contributed by atoms with E-state index < -0.39 is 0 Å². The van der Waals surface area contributed by atoms with Gasteiger partial charge in [0, 0.05) is 11.5 Å².